The minimum atomic E-state index is -4.10. The molecule has 1 atom stereocenters. The van der Waals surface area contributed by atoms with E-state index in [1.807, 2.05) is 12.1 Å². The van der Waals surface area contributed by atoms with Crippen molar-refractivity contribution in [1.29, 1.82) is 0 Å². The molecule has 0 bridgehead atoms. The van der Waals surface area contributed by atoms with E-state index < -0.39 is 12.7 Å². The van der Waals surface area contributed by atoms with Gasteiger partial charge in [0.05, 0.1) is 13.7 Å². The monoisotopic (exact) mass is 556 g/mol. The van der Waals surface area contributed by atoms with E-state index in [0.29, 0.717) is 24.9 Å². The Bertz CT molecular complexity index is 647. The van der Waals surface area contributed by atoms with Gasteiger partial charge in [0.15, 0.2) is 5.96 Å². The van der Waals surface area contributed by atoms with Gasteiger partial charge in [0, 0.05) is 20.1 Å². The molecule has 2 rings (SSSR count). The van der Waals surface area contributed by atoms with Crippen LogP contribution in [0.4, 0.5) is 13.2 Å². The van der Waals surface area contributed by atoms with Gasteiger partial charge in [-0.05, 0) is 68.3 Å². The number of likely N-dealkylation sites (tertiary alicyclic amines) is 1. The number of piperidine rings is 1. The Morgan fingerprint density at radius 3 is 2.32 bits per heavy atom. The summed E-state index contributed by atoms with van der Waals surface area (Å²) in [5.74, 6) is 2.52. The highest BCUT2D eigenvalue weighted by Crippen LogP contribution is 2.24. The summed E-state index contributed by atoms with van der Waals surface area (Å²) in [5, 5.41) is 6.67. The number of benzene rings is 1. The second kappa shape index (κ2) is 14.0. The number of alkyl halides is 3. The molecule has 0 saturated carbocycles. The van der Waals surface area contributed by atoms with E-state index in [1.165, 1.54) is 10.5 Å². The van der Waals surface area contributed by atoms with E-state index in [0.717, 1.165) is 50.5 Å². The highest BCUT2D eigenvalue weighted by molar-refractivity contribution is 14.0. The van der Waals surface area contributed by atoms with Crippen LogP contribution in [0.1, 0.15) is 44.1 Å². The van der Waals surface area contributed by atoms with Crippen LogP contribution < -0.4 is 15.4 Å². The highest BCUT2D eigenvalue weighted by Gasteiger charge is 2.32. The van der Waals surface area contributed by atoms with Gasteiger partial charge < -0.3 is 15.4 Å². The van der Waals surface area contributed by atoms with Crippen molar-refractivity contribution in [2.45, 2.75) is 44.7 Å². The van der Waals surface area contributed by atoms with Crippen molar-refractivity contribution in [3.63, 3.8) is 0 Å². The Balaban J connectivity index is 0.00000480. The van der Waals surface area contributed by atoms with Gasteiger partial charge in [-0.2, -0.15) is 13.2 Å². The Hall–Kier alpha value is -1.23. The zero-order valence-corrected chi connectivity index (χ0v) is 21.0. The molecule has 1 aliphatic rings. The van der Waals surface area contributed by atoms with E-state index >= 15 is 0 Å². The van der Waals surface area contributed by atoms with Gasteiger partial charge in [0.1, 0.15) is 5.75 Å². The van der Waals surface area contributed by atoms with Crippen molar-refractivity contribution in [3.8, 4) is 5.75 Å². The molecule has 1 aromatic rings. The van der Waals surface area contributed by atoms with Crippen LogP contribution >= 0.6 is 24.0 Å². The first-order valence-corrected chi connectivity index (χ1v) is 10.7. The predicted molar refractivity (Wildman–Crippen MR) is 131 cm³/mol. The summed E-state index contributed by atoms with van der Waals surface area (Å²) in [6.07, 6.45) is -0.530. The predicted octanol–water partition coefficient (Wildman–Crippen LogP) is 4.64. The summed E-state index contributed by atoms with van der Waals surface area (Å²) < 4.78 is 42.6. The molecular weight excluding hydrogens is 520 g/mol. The molecule has 0 aromatic heterocycles. The van der Waals surface area contributed by atoms with Crippen LogP contribution in [0, 0.1) is 5.92 Å². The minimum absolute atomic E-state index is 0. The number of ether oxygens (including phenoxy) is 1. The maximum Gasteiger partial charge on any atom is 0.401 e. The first-order chi connectivity index (χ1) is 14.3. The number of halogens is 4. The largest absolute Gasteiger partial charge is 0.497 e. The van der Waals surface area contributed by atoms with Crippen LogP contribution in [0.2, 0.25) is 0 Å². The Morgan fingerprint density at radius 1 is 1.16 bits per heavy atom. The number of rotatable bonds is 9. The van der Waals surface area contributed by atoms with Crippen molar-refractivity contribution in [2.24, 2.45) is 10.9 Å². The van der Waals surface area contributed by atoms with Crippen molar-refractivity contribution >= 4 is 29.9 Å². The van der Waals surface area contributed by atoms with Gasteiger partial charge in [-0.25, -0.2) is 0 Å². The molecule has 0 aliphatic carbocycles. The Kier molecular flexibility index (Phi) is 12.6. The molecule has 31 heavy (non-hydrogen) atoms. The fourth-order valence-corrected chi connectivity index (χ4v) is 3.81. The molecule has 1 fully saturated rings. The lowest BCUT2D eigenvalue weighted by molar-refractivity contribution is -0.148. The first-order valence-electron chi connectivity index (χ1n) is 10.7. The molecule has 1 saturated heterocycles. The minimum Gasteiger partial charge on any atom is -0.497 e. The van der Waals surface area contributed by atoms with Gasteiger partial charge in [0.2, 0.25) is 0 Å². The quantitative estimate of drug-likeness (QED) is 0.265. The molecule has 1 aromatic carbocycles. The van der Waals surface area contributed by atoms with E-state index in [-0.39, 0.29) is 24.0 Å². The number of methoxy groups -OCH3 is 1. The second-order valence-corrected chi connectivity index (χ2v) is 8.01. The van der Waals surface area contributed by atoms with Crippen molar-refractivity contribution in [2.75, 3.05) is 46.9 Å². The zero-order chi connectivity index (χ0) is 22.0. The molecule has 1 aliphatic heterocycles. The molecule has 0 amide bonds. The van der Waals surface area contributed by atoms with Crippen LogP contribution in [0.5, 0.6) is 5.75 Å². The Morgan fingerprint density at radius 2 is 1.77 bits per heavy atom. The number of nitrogens with one attached hydrogen (secondary N) is 2. The summed E-state index contributed by atoms with van der Waals surface area (Å²) in [6.45, 7) is 4.05. The molecular formula is C22H36F3IN4O. The molecule has 178 valence electrons. The Labute approximate surface area is 201 Å². The fraction of sp³-hybridized carbons (Fsp3) is 0.682. The summed E-state index contributed by atoms with van der Waals surface area (Å²) in [7, 11) is 3.41. The standard InChI is InChI=1S/C22H35F3N4O.HI/c1-17(19-4-6-20(30-3)7-5-19)8-12-27-21(26-2)28-13-9-18-10-14-29(15-11-18)16-22(23,24)25;/h4-7,17-18H,8-16H2,1-3H3,(H2,26,27,28);1H. The topological polar surface area (TPSA) is 48.9 Å². The van der Waals surface area contributed by atoms with E-state index in [9.17, 15) is 13.2 Å². The molecule has 9 heteroatoms. The van der Waals surface area contributed by atoms with Gasteiger partial charge in [0.25, 0.3) is 0 Å². The van der Waals surface area contributed by atoms with Crippen molar-refractivity contribution < 1.29 is 17.9 Å². The molecule has 0 radical (unpaired) electrons. The fourth-order valence-electron chi connectivity index (χ4n) is 3.81. The molecule has 1 unspecified atom stereocenters. The zero-order valence-electron chi connectivity index (χ0n) is 18.7. The third-order valence-corrected chi connectivity index (χ3v) is 5.73. The number of nitrogens with zero attached hydrogens (tertiary/aromatic N) is 2. The number of aliphatic imine (C=N–C) groups is 1. The average Bonchev–Trinajstić information content (AvgIpc) is 2.72. The molecule has 1 heterocycles. The van der Waals surface area contributed by atoms with Gasteiger partial charge in [-0.3, -0.25) is 9.89 Å². The molecule has 5 nitrogen and oxygen atoms in total. The van der Waals surface area contributed by atoms with Gasteiger partial charge >= 0.3 is 6.18 Å². The van der Waals surface area contributed by atoms with Crippen LogP contribution in [0.15, 0.2) is 29.3 Å². The summed E-state index contributed by atoms with van der Waals surface area (Å²) in [4.78, 5) is 5.77. The normalized spacial score (nSPS) is 17.0. The van der Waals surface area contributed by atoms with Crippen molar-refractivity contribution in [3.05, 3.63) is 29.8 Å². The molecule has 0 spiro atoms. The average molecular weight is 556 g/mol. The van der Waals surface area contributed by atoms with Crippen LogP contribution in [0.3, 0.4) is 0 Å². The van der Waals surface area contributed by atoms with Crippen LogP contribution in [-0.4, -0.2) is 63.9 Å². The SMILES string of the molecule is CN=C(NCCC1CCN(CC(F)(F)F)CC1)NCCC(C)c1ccc(OC)cc1.I. The third kappa shape index (κ3) is 10.8. The maximum atomic E-state index is 12.5. The number of hydrogen-bond acceptors (Lipinski definition) is 3. The smallest absolute Gasteiger partial charge is 0.401 e. The third-order valence-electron chi connectivity index (χ3n) is 5.73. The van der Waals surface area contributed by atoms with Crippen LogP contribution in [-0.2, 0) is 0 Å². The van der Waals surface area contributed by atoms with E-state index in [4.69, 9.17) is 4.74 Å². The maximum absolute atomic E-state index is 12.5. The van der Waals surface area contributed by atoms with Gasteiger partial charge in [-0.1, -0.05) is 19.1 Å². The van der Waals surface area contributed by atoms with Crippen LogP contribution in [0.25, 0.3) is 0 Å². The first kappa shape index (κ1) is 27.8. The summed E-state index contributed by atoms with van der Waals surface area (Å²) in [5.41, 5.74) is 1.28. The number of guanidine groups is 1. The van der Waals surface area contributed by atoms with E-state index in [2.05, 4.69) is 34.7 Å². The number of hydrogen-bond donors (Lipinski definition) is 2. The van der Waals surface area contributed by atoms with E-state index in [1.54, 1.807) is 14.2 Å². The second-order valence-electron chi connectivity index (χ2n) is 8.01. The lowest BCUT2D eigenvalue weighted by Crippen LogP contribution is -2.41. The lowest BCUT2D eigenvalue weighted by atomic mass is 9.93. The summed E-state index contributed by atoms with van der Waals surface area (Å²) in [6, 6.07) is 8.15. The van der Waals surface area contributed by atoms with Gasteiger partial charge in [-0.15, -0.1) is 24.0 Å². The summed E-state index contributed by atoms with van der Waals surface area (Å²) >= 11 is 0. The highest BCUT2D eigenvalue weighted by atomic mass is 127. The van der Waals surface area contributed by atoms with Crippen molar-refractivity contribution in [1.82, 2.24) is 15.5 Å². The molecule has 2 N–H and O–H groups in total. The lowest BCUT2D eigenvalue weighted by Gasteiger charge is -2.32.